The minimum atomic E-state index is 0.247. The molecule has 0 unspecified atom stereocenters. The van der Waals surface area contributed by atoms with Crippen molar-refractivity contribution in [2.75, 3.05) is 26.2 Å². The molecule has 1 rings (SSSR count). The van der Waals surface area contributed by atoms with Crippen LogP contribution in [0, 0.1) is 5.41 Å². The Balaban J connectivity index is 2.60. The van der Waals surface area contributed by atoms with Gasteiger partial charge in [-0.15, -0.1) is 0 Å². The van der Waals surface area contributed by atoms with Crippen molar-refractivity contribution < 1.29 is 0 Å². The summed E-state index contributed by atoms with van der Waals surface area (Å²) in [5, 5.41) is 3.35. The predicted octanol–water partition coefficient (Wildman–Crippen LogP) is 2.40. The van der Waals surface area contributed by atoms with Crippen LogP contribution in [0.25, 0.3) is 0 Å². The first-order valence-electron chi connectivity index (χ1n) is 5.74. The Hall–Kier alpha value is -0.760. The van der Waals surface area contributed by atoms with Crippen molar-refractivity contribution in [1.82, 2.24) is 10.2 Å². The van der Waals surface area contributed by atoms with Crippen LogP contribution in [0.2, 0.25) is 0 Å². The van der Waals surface area contributed by atoms with E-state index in [1.165, 1.54) is 5.57 Å². The van der Waals surface area contributed by atoms with Crippen LogP contribution in [0.3, 0.4) is 0 Å². The molecular weight excluding hydrogens is 184 g/mol. The molecule has 0 aromatic carbocycles. The SMILES string of the molecule is C=C(/C=C(\C)C(C)(C)C)N1CCNCC1. The molecule has 0 bridgehead atoms. The molecule has 0 atom stereocenters. The van der Waals surface area contributed by atoms with Crippen molar-refractivity contribution in [3.63, 3.8) is 0 Å². The van der Waals surface area contributed by atoms with Gasteiger partial charge in [-0.25, -0.2) is 0 Å². The first-order valence-corrected chi connectivity index (χ1v) is 5.74. The van der Waals surface area contributed by atoms with Gasteiger partial charge >= 0.3 is 0 Å². The molecule has 1 aliphatic heterocycles. The third-order valence-corrected chi connectivity index (χ3v) is 3.09. The molecule has 1 N–H and O–H groups in total. The molecule has 0 saturated carbocycles. The highest BCUT2D eigenvalue weighted by molar-refractivity contribution is 5.22. The van der Waals surface area contributed by atoms with Crippen LogP contribution >= 0.6 is 0 Å². The second kappa shape index (κ2) is 4.84. The second-order valence-corrected chi connectivity index (χ2v) is 5.31. The second-order valence-electron chi connectivity index (χ2n) is 5.31. The zero-order chi connectivity index (χ0) is 11.5. The Morgan fingerprint density at radius 3 is 2.27 bits per heavy atom. The maximum atomic E-state index is 4.15. The van der Waals surface area contributed by atoms with E-state index in [9.17, 15) is 0 Å². The molecule has 86 valence electrons. The molecule has 2 nitrogen and oxygen atoms in total. The summed E-state index contributed by atoms with van der Waals surface area (Å²) in [6.45, 7) is 17.4. The van der Waals surface area contributed by atoms with Crippen molar-refractivity contribution in [3.8, 4) is 0 Å². The van der Waals surface area contributed by atoms with Crippen LogP contribution in [0.4, 0.5) is 0 Å². The summed E-state index contributed by atoms with van der Waals surface area (Å²) < 4.78 is 0. The highest BCUT2D eigenvalue weighted by Crippen LogP contribution is 2.25. The van der Waals surface area contributed by atoms with Gasteiger partial charge in [-0.3, -0.25) is 0 Å². The molecule has 2 heteroatoms. The Labute approximate surface area is 94.0 Å². The van der Waals surface area contributed by atoms with E-state index in [0.717, 1.165) is 31.9 Å². The highest BCUT2D eigenvalue weighted by atomic mass is 15.2. The smallest absolute Gasteiger partial charge is 0.0303 e. The number of piperazine rings is 1. The van der Waals surface area contributed by atoms with Gasteiger partial charge in [-0.05, 0) is 18.4 Å². The van der Waals surface area contributed by atoms with Crippen molar-refractivity contribution in [2.45, 2.75) is 27.7 Å². The van der Waals surface area contributed by atoms with E-state index in [0.29, 0.717) is 0 Å². The summed E-state index contributed by atoms with van der Waals surface area (Å²) >= 11 is 0. The summed E-state index contributed by atoms with van der Waals surface area (Å²) in [4.78, 5) is 2.35. The van der Waals surface area contributed by atoms with E-state index >= 15 is 0 Å². The van der Waals surface area contributed by atoms with Crippen LogP contribution in [-0.4, -0.2) is 31.1 Å². The molecule has 0 amide bonds. The lowest BCUT2D eigenvalue weighted by Gasteiger charge is -2.31. The number of rotatable bonds is 2. The lowest BCUT2D eigenvalue weighted by atomic mass is 9.87. The fourth-order valence-electron chi connectivity index (χ4n) is 1.51. The standard InChI is InChI=1S/C13H24N2/c1-11(13(3,4)5)10-12(2)15-8-6-14-7-9-15/h10,14H,2,6-9H2,1,3-5H3/b11-10+. The zero-order valence-corrected chi connectivity index (χ0v) is 10.6. The maximum Gasteiger partial charge on any atom is 0.0303 e. The van der Waals surface area contributed by atoms with E-state index in [4.69, 9.17) is 0 Å². The van der Waals surface area contributed by atoms with Gasteiger partial charge in [-0.1, -0.05) is 32.9 Å². The third kappa shape index (κ3) is 3.71. The van der Waals surface area contributed by atoms with Crippen molar-refractivity contribution >= 4 is 0 Å². The van der Waals surface area contributed by atoms with Crippen LogP contribution in [0.15, 0.2) is 23.9 Å². The lowest BCUT2D eigenvalue weighted by Crippen LogP contribution is -2.42. The van der Waals surface area contributed by atoms with Crippen LogP contribution in [0.1, 0.15) is 27.7 Å². The fraction of sp³-hybridized carbons (Fsp3) is 0.692. The molecule has 1 aliphatic rings. The summed E-state index contributed by atoms with van der Waals surface area (Å²) in [7, 11) is 0. The number of allylic oxidation sites excluding steroid dienone is 2. The predicted molar refractivity (Wildman–Crippen MR) is 66.8 cm³/mol. The van der Waals surface area contributed by atoms with E-state index in [2.05, 4.69) is 50.6 Å². The molecule has 0 aromatic rings. The Morgan fingerprint density at radius 1 is 1.27 bits per heavy atom. The highest BCUT2D eigenvalue weighted by Gasteiger charge is 2.15. The molecule has 1 saturated heterocycles. The molecule has 15 heavy (non-hydrogen) atoms. The first-order chi connectivity index (χ1) is 6.91. The average molecular weight is 208 g/mol. The summed E-state index contributed by atoms with van der Waals surface area (Å²) in [5.41, 5.74) is 2.80. The number of nitrogens with one attached hydrogen (secondary N) is 1. The van der Waals surface area contributed by atoms with E-state index in [1.807, 2.05) is 0 Å². The largest absolute Gasteiger partial charge is 0.369 e. The topological polar surface area (TPSA) is 15.3 Å². The molecule has 0 aromatic heterocycles. The molecule has 0 spiro atoms. The quantitative estimate of drug-likeness (QED) is 0.701. The van der Waals surface area contributed by atoms with Crippen LogP contribution in [-0.2, 0) is 0 Å². The number of nitrogens with zero attached hydrogens (tertiary/aromatic N) is 1. The summed E-state index contributed by atoms with van der Waals surface area (Å²) in [6, 6.07) is 0. The van der Waals surface area contributed by atoms with Gasteiger partial charge in [-0.2, -0.15) is 0 Å². The Bertz CT molecular complexity index is 252. The molecule has 1 heterocycles. The molecule has 0 radical (unpaired) electrons. The van der Waals surface area contributed by atoms with Gasteiger partial charge < -0.3 is 10.2 Å². The van der Waals surface area contributed by atoms with Crippen molar-refractivity contribution in [3.05, 3.63) is 23.9 Å². The lowest BCUT2D eigenvalue weighted by molar-refractivity contribution is 0.307. The first kappa shape index (κ1) is 12.3. The van der Waals surface area contributed by atoms with Gasteiger partial charge in [0.1, 0.15) is 0 Å². The van der Waals surface area contributed by atoms with Gasteiger partial charge in [0.15, 0.2) is 0 Å². The average Bonchev–Trinajstić information content (AvgIpc) is 2.17. The van der Waals surface area contributed by atoms with Gasteiger partial charge in [0.2, 0.25) is 0 Å². The minimum absolute atomic E-state index is 0.247. The summed E-state index contributed by atoms with van der Waals surface area (Å²) in [6.07, 6.45) is 2.23. The van der Waals surface area contributed by atoms with Crippen LogP contribution < -0.4 is 5.32 Å². The van der Waals surface area contributed by atoms with Gasteiger partial charge in [0.25, 0.3) is 0 Å². The Kier molecular flexibility index (Phi) is 3.97. The van der Waals surface area contributed by atoms with Crippen LogP contribution in [0.5, 0.6) is 0 Å². The van der Waals surface area contributed by atoms with E-state index in [-0.39, 0.29) is 5.41 Å². The van der Waals surface area contributed by atoms with Crippen molar-refractivity contribution in [2.24, 2.45) is 5.41 Å². The van der Waals surface area contributed by atoms with E-state index < -0.39 is 0 Å². The zero-order valence-electron chi connectivity index (χ0n) is 10.6. The fourth-order valence-corrected chi connectivity index (χ4v) is 1.51. The number of hydrogen-bond acceptors (Lipinski definition) is 2. The summed E-state index contributed by atoms with van der Waals surface area (Å²) in [5.74, 6) is 0. The third-order valence-electron chi connectivity index (χ3n) is 3.09. The van der Waals surface area contributed by atoms with Crippen molar-refractivity contribution in [1.29, 1.82) is 0 Å². The number of hydrogen-bond donors (Lipinski definition) is 1. The maximum absolute atomic E-state index is 4.15. The Morgan fingerprint density at radius 2 is 1.80 bits per heavy atom. The molecular formula is C13H24N2. The normalized spacial score (nSPS) is 19.2. The minimum Gasteiger partial charge on any atom is -0.369 e. The molecule has 1 fully saturated rings. The van der Waals surface area contributed by atoms with Gasteiger partial charge in [0.05, 0.1) is 0 Å². The van der Waals surface area contributed by atoms with E-state index in [1.54, 1.807) is 0 Å². The van der Waals surface area contributed by atoms with Gasteiger partial charge in [0, 0.05) is 31.9 Å². The monoisotopic (exact) mass is 208 g/mol. The molecule has 0 aliphatic carbocycles.